The molecule has 0 atom stereocenters. The molecule has 1 heterocycles. The van der Waals surface area contributed by atoms with Crippen LogP contribution in [0.1, 0.15) is 44.9 Å². The summed E-state index contributed by atoms with van der Waals surface area (Å²) in [5, 5.41) is 9.59. The number of nitrogens with zero attached hydrogens (tertiary/aromatic N) is 1. The van der Waals surface area contributed by atoms with Crippen LogP contribution in [-0.4, -0.2) is 36.1 Å². The van der Waals surface area contributed by atoms with Gasteiger partial charge in [-0.05, 0) is 51.7 Å². The van der Waals surface area contributed by atoms with E-state index >= 15 is 0 Å². The lowest BCUT2D eigenvalue weighted by atomic mass is 9.63. The number of carboxylic acids is 1. The average Bonchev–Trinajstić information content (AvgIpc) is 2.30. The molecule has 1 aliphatic carbocycles. The fourth-order valence-corrected chi connectivity index (χ4v) is 3.54. The van der Waals surface area contributed by atoms with Crippen LogP contribution in [0, 0.1) is 11.3 Å². The lowest BCUT2D eigenvalue weighted by Crippen LogP contribution is -2.45. The Balaban J connectivity index is 2.09. The molecule has 0 aromatic rings. The van der Waals surface area contributed by atoms with Gasteiger partial charge >= 0.3 is 5.97 Å². The molecule has 2 fully saturated rings. The number of carbonyl (C=O) groups is 1. The Kier molecular flexibility index (Phi) is 3.53. The van der Waals surface area contributed by atoms with Gasteiger partial charge in [-0.2, -0.15) is 0 Å². The molecule has 3 nitrogen and oxygen atoms in total. The van der Waals surface area contributed by atoms with Crippen molar-refractivity contribution in [1.82, 2.24) is 4.90 Å². The topological polar surface area (TPSA) is 40.5 Å². The van der Waals surface area contributed by atoms with E-state index in [0.717, 1.165) is 51.6 Å². The molecule has 0 radical (unpaired) electrons. The van der Waals surface area contributed by atoms with Crippen molar-refractivity contribution < 1.29 is 9.90 Å². The van der Waals surface area contributed by atoms with Crippen molar-refractivity contribution in [1.29, 1.82) is 0 Å². The van der Waals surface area contributed by atoms with Gasteiger partial charge in [-0.1, -0.05) is 19.3 Å². The van der Waals surface area contributed by atoms with E-state index in [9.17, 15) is 9.90 Å². The summed E-state index contributed by atoms with van der Waals surface area (Å²) in [5.41, 5.74) is -0.375. The van der Waals surface area contributed by atoms with Crippen LogP contribution in [0.2, 0.25) is 0 Å². The Morgan fingerprint density at radius 2 is 1.75 bits per heavy atom. The lowest BCUT2D eigenvalue weighted by Gasteiger charge is -2.43. The van der Waals surface area contributed by atoms with Crippen LogP contribution in [0.4, 0.5) is 0 Å². The fraction of sp³-hybridized carbons (Fsp3) is 0.923. The number of hydrogen-bond acceptors (Lipinski definition) is 2. The molecule has 0 aromatic heterocycles. The molecule has 0 spiro atoms. The molecule has 0 aromatic carbocycles. The van der Waals surface area contributed by atoms with Gasteiger partial charge in [-0.25, -0.2) is 0 Å². The van der Waals surface area contributed by atoms with Crippen LogP contribution in [0.25, 0.3) is 0 Å². The first-order valence-corrected chi connectivity index (χ1v) is 6.57. The minimum Gasteiger partial charge on any atom is -0.481 e. The maximum atomic E-state index is 11.6. The second-order valence-electron chi connectivity index (χ2n) is 5.60. The van der Waals surface area contributed by atoms with Gasteiger partial charge in [0.25, 0.3) is 0 Å². The largest absolute Gasteiger partial charge is 0.481 e. The molecule has 2 rings (SSSR count). The standard InChI is InChI=1S/C13H23NO2/c1-14-9-5-11(6-10-14)13(12(15)16)7-3-2-4-8-13/h11H,2-10H2,1H3,(H,15,16). The normalized spacial score (nSPS) is 27.8. The summed E-state index contributed by atoms with van der Waals surface area (Å²) in [6.07, 6.45) is 7.41. The van der Waals surface area contributed by atoms with Crippen molar-refractivity contribution in [2.24, 2.45) is 11.3 Å². The van der Waals surface area contributed by atoms with E-state index in [-0.39, 0.29) is 5.41 Å². The average molecular weight is 225 g/mol. The number of hydrogen-bond donors (Lipinski definition) is 1. The van der Waals surface area contributed by atoms with Gasteiger partial charge in [0.15, 0.2) is 0 Å². The predicted octanol–water partition coefficient (Wildman–Crippen LogP) is 2.36. The van der Waals surface area contributed by atoms with Crippen LogP contribution < -0.4 is 0 Å². The lowest BCUT2D eigenvalue weighted by molar-refractivity contribution is -0.157. The van der Waals surface area contributed by atoms with Crippen molar-refractivity contribution in [2.75, 3.05) is 20.1 Å². The maximum absolute atomic E-state index is 11.6. The third-order valence-electron chi connectivity index (χ3n) is 4.67. The van der Waals surface area contributed by atoms with Crippen LogP contribution >= 0.6 is 0 Å². The molecule has 0 unspecified atom stereocenters. The monoisotopic (exact) mass is 225 g/mol. The third kappa shape index (κ3) is 2.10. The summed E-state index contributed by atoms with van der Waals surface area (Å²) in [7, 11) is 2.13. The highest BCUT2D eigenvalue weighted by Gasteiger charge is 2.46. The second kappa shape index (κ2) is 4.74. The maximum Gasteiger partial charge on any atom is 0.309 e. The highest BCUT2D eigenvalue weighted by molar-refractivity contribution is 5.75. The Labute approximate surface area is 97.8 Å². The molecule has 16 heavy (non-hydrogen) atoms. The first kappa shape index (κ1) is 11.9. The minimum atomic E-state index is -0.526. The first-order valence-electron chi connectivity index (χ1n) is 6.57. The van der Waals surface area contributed by atoms with Crippen molar-refractivity contribution in [3.8, 4) is 0 Å². The SMILES string of the molecule is CN1CCC(C2(C(=O)O)CCCCC2)CC1. The zero-order valence-corrected chi connectivity index (χ0v) is 10.2. The van der Waals surface area contributed by atoms with E-state index in [4.69, 9.17) is 0 Å². The van der Waals surface area contributed by atoms with Gasteiger partial charge < -0.3 is 10.0 Å². The van der Waals surface area contributed by atoms with E-state index in [1.54, 1.807) is 0 Å². The van der Waals surface area contributed by atoms with E-state index < -0.39 is 5.97 Å². The smallest absolute Gasteiger partial charge is 0.309 e. The van der Waals surface area contributed by atoms with E-state index in [0.29, 0.717) is 5.92 Å². The Hall–Kier alpha value is -0.570. The Morgan fingerprint density at radius 3 is 2.25 bits per heavy atom. The van der Waals surface area contributed by atoms with Crippen molar-refractivity contribution in [3.05, 3.63) is 0 Å². The van der Waals surface area contributed by atoms with Crippen LogP contribution in [0.3, 0.4) is 0 Å². The van der Waals surface area contributed by atoms with Gasteiger partial charge in [0, 0.05) is 0 Å². The van der Waals surface area contributed by atoms with Gasteiger partial charge in [0.1, 0.15) is 0 Å². The van der Waals surface area contributed by atoms with Crippen molar-refractivity contribution in [3.63, 3.8) is 0 Å². The van der Waals surface area contributed by atoms with Gasteiger partial charge in [-0.3, -0.25) is 4.79 Å². The van der Waals surface area contributed by atoms with Gasteiger partial charge in [0.05, 0.1) is 5.41 Å². The zero-order valence-electron chi connectivity index (χ0n) is 10.2. The minimum absolute atomic E-state index is 0.375. The third-order valence-corrected chi connectivity index (χ3v) is 4.67. The van der Waals surface area contributed by atoms with E-state index in [1.165, 1.54) is 6.42 Å². The second-order valence-corrected chi connectivity index (χ2v) is 5.60. The molecule has 1 saturated carbocycles. The molecular formula is C13H23NO2. The predicted molar refractivity (Wildman–Crippen MR) is 63.4 cm³/mol. The van der Waals surface area contributed by atoms with Crippen LogP contribution in [-0.2, 0) is 4.79 Å². The van der Waals surface area contributed by atoms with Crippen molar-refractivity contribution in [2.45, 2.75) is 44.9 Å². The number of aliphatic carboxylic acids is 1. The van der Waals surface area contributed by atoms with E-state index in [1.807, 2.05) is 0 Å². The number of likely N-dealkylation sites (tertiary alicyclic amines) is 1. The summed E-state index contributed by atoms with van der Waals surface area (Å²) in [5.74, 6) is -0.108. The Morgan fingerprint density at radius 1 is 1.19 bits per heavy atom. The fourth-order valence-electron chi connectivity index (χ4n) is 3.54. The molecular weight excluding hydrogens is 202 g/mol. The zero-order chi connectivity index (χ0) is 11.6. The van der Waals surface area contributed by atoms with Crippen molar-refractivity contribution >= 4 is 5.97 Å². The summed E-state index contributed by atoms with van der Waals surface area (Å²) in [6, 6.07) is 0. The van der Waals surface area contributed by atoms with Gasteiger partial charge in [-0.15, -0.1) is 0 Å². The molecule has 1 aliphatic heterocycles. The van der Waals surface area contributed by atoms with Gasteiger partial charge in [0.2, 0.25) is 0 Å². The molecule has 1 N–H and O–H groups in total. The first-order chi connectivity index (χ1) is 7.65. The van der Waals surface area contributed by atoms with Crippen LogP contribution in [0.5, 0.6) is 0 Å². The Bertz CT molecular complexity index is 251. The molecule has 0 amide bonds. The molecule has 1 saturated heterocycles. The van der Waals surface area contributed by atoms with Crippen LogP contribution in [0.15, 0.2) is 0 Å². The summed E-state index contributed by atoms with van der Waals surface area (Å²) < 4.78 is 0. The van der Waals surface area contributed by atoms with E-state index in [2.05, 4.69) is 11.9 Å². The number of piperidine rings is 1. The summed E-state index contributed by atoms with van der Waals surface area (Å²) in [4.78, 5) is 14.0. The highest BCUT2D eigenvalue weighted by Crippen LogP contribution is 2.46. The molecule has 2 aliphatic rings. The molecule has 0 bridgehead atoms. The number of rotatable bonds is 2. The summed E-state index contributed by atoms with van der Waals surface area (Å²) >= 11 is 0. The number of carboxylic acid groups (broad SMARTS) is 1. The molecule has 92 valence electrons. The molecule has 3 heteroatoms. The quantitative estimate of drug-likeness (QED) is 0.784. The highest BCUT2D eigenvalue weighted by atomic mass is 16.4. The summed E-state index contributed by atoms with van der Waals surface area (Å²) in [6.45, 7) is 2.14.